The van der Waals surface area contributed by atoms with Gasteiger partial charge in [0.1, 0.15) is 5.69 Å². The van der Waals surface area contributed by atoms with Crippen molar-refractivity contribution in [2.75, 3.05) is 36.9 Å². The summed E-state index contributed by atoms with van der Waals surface area (Å²) in [5.74, 6) is -2.69. The number of rotatable bonds is 6. The van der Waals surface area contributed by atoms with Crippen molar-refractivity contribution in [3.8, 4) is 0 Å². The Bertz CT molecular complexity index is 797. The molecule has 13 heteroatoms. The Hall–Kier alpha value is -2.73. The van der Waals surface area contributed by atoms with E-state index >= 15 is 0 Å². The molecule has 1 atom stereocenters. The normalized spacial score (nSPS) is 17.6. The molecule has 0 unspecified atom stereocenters. The van der Waals surface area contributed by atoms with E-state index in [1.165, 1.54) is 18.0 Å². The van der Waals surface area contributed by atoms with Gasteiger partial charge in [-0.25, -0.2) is 0 Å². The maximum atomic E-state index is 13.2. The molecular formula is C17H20F6N4O3. The fourth-order valence-corrected chi connectivity index (χ4v) is 3.25. The largest absolute Gasteiger partial charge is 0.393 e. The van der Waals surface area contributed by atoms with Crippen LogP contribution in [0.5, 0.6) is 0 Å². The lowest BCUT2D eigenvalue weighted by Crippen LogP contribution is -2.42. The van der Waals surface area contributed by atoms with E-state index in [0.29, 0.717) is 0 Å². The molecule has 7 nitrogen and oxygen atoms in total. The van der Waals surface area contributed by atoms with E-state index in [1.807, 2.05) is 5.32 Å². The molecule has 0 saturated carbocycles. The maximum Gasteiger partial charge on any atom is 0.393 e. The molecule has 1 saturated heterocycles. The summed E-state index contributed by atoms with van der Waals surface area (Å²) in [4.78, 5) is 24.3. The van der Waals surface area contributed by atoms with Crippen LogP contribution in [0, 0.1) is 16.0 Å². The molecule has 0 aliphatic carbocycles. The molecule has 0 radical (unpaired) electrons. The molecule has 1 aliphatic rings. The van der Waals surface area contributed by atoms with Crippen molar-refractivity contribution in [3.63, 3.8) is 0 Å². The van der Waals surface area contributed by atoms with E-state index in [0.717, 1.165) is 6.07 Å². The first kappa shape index (κ1) is 23.5. The summed E-state index contributed by atoms with van der Waals surface area (Å²) in [5, 5.41) is 15.9. The lowest BCUT2D eigenvalue weighted by molar-refractivity contribution is -0.384. The van der Waals surface area contributed by atoms with Gasteiger partial charge in [-0.3, -0.25) is 14.9 Å². The van der Waals surface area contributed by atoms with Crippen molar-refractivity contribution >= 4 is 23.0 Å². The average Bonchev–Trinajstić information content (AvgIpc) is 2.65. The van der Waals surface area contributed by atoms with Gasteiger partial charge in [0.25, 0.3) is 11.6 Å². The molecule has 1 aliphatic heterocycles. The Balaban J connectivity index is 2.41. The number of carbonyl (C=O) groups excluding carboxylic acids is 1. The van der Waals surface area contributed by atoms with Crippen LogP contribution < -0.4 is 15.5 Å². The van der Waals surface area contributed by atoms with Crippen LogP contribution in [0.4, 0.5) is 43.4 Å². The molecular weight excluding hydrogens is 422 g/mol. The van der Waals surface area contributed by atoms with Crippen molar-refractivity contribution in [3.05, 3.63) is 27.8 Å². The molecule has 1 fully saturated rings. The number of nitrogens with one attached hydrogen (secondary N) is 2. The Morgan fingerprint density at radius 2 is 1.93 bits per heavy atom. The van der Waals surface area contributed by atoms with E-state index in [-0.39, 0.29) is 36.3 Å². The first-order valence-electron chi connectivity index (χ1n) is 9.00. The summed E-state index contributed by atoms with van der Waals surface area (Å²) < 4.78 is 76.5. The highest BCUT2D eigenvalue weighted by Gasteiger charge is 2.42. The van der Waals surface area contributed by atoms with Gasteiger partial charge >= 0.3 is 12.4 Å². The Morgan fingerprint density at radius 1 is 1.27 bits per heavy atom. The number of benzene rings is 1. The zero-order valence-electron chi connectivity index (χ0n) is 15.9. The van der Waals surface area contributed by atoms with Gasteiger partial charge in [-0.05, 0) is 18.9 Å². The van der Waals surface area contributed by atoms with E-state index in [2.05, 4.69) is 5.32 Å². The lowest BCUT2D eigenvalue weighted by atomic mass is 9.96. The number of nitro benzene ring substituents is 1. The van der Waals surface area contributed by atoms with Crippen molar-refractivity contribution in [2.24, 2.45) is 5.92 Å². The van der Waals surface area contributed by atoms with Gasteiger partial charge in [0.05, 0.1) is 28.5 Å². The van der Waals surface area contributed by atoms with Crippen LogP contribution in [0.2, 0.25) is 0 Å². The molecule has 2 rings (SSSR count). The van der Waals surface area contributed by atoms with E-state index < -0.39 is 54.3 Å². The second-order valence-corrected chi connectivity index (χ2v) is 6.84. The summed E-state index contributed by atoms with van der Waals surface area (Å²) in [7, 11) is 1.36. The van der Waals surface area contributed by atoms with Gasteiger partial charge in [0.15, 0.2) is 0 Å². The quantitative estimate of drug-likeness (QED) is 0.394. The van der Waals surface area contributed by atoms with Crippen LogP contribution in [0.3, 0.4) is 0 Å². The molecule has 0 spiro atoms. The number of piperidine rings is 1. The monoisotopic (exact) mass is 442 g/mol. The van der Waals surface area contributed by atoms with Crippen LogP contribution in [0.1, 0.15) is 29.6 Å². The van der Waals surface area contributed by atoms with E-state index in [9.17, 15) is 41.3 Å². The predicted molar refractivity (Wildman–Crippen MR) is 96.6 cm³/mol. The molecule has 1 aromatic rings. The third-order valence-electron chi connectivity index (χ3n) is 4.74. The number of carbonyl (C=O) groups is 1. The van der Waals surface area contributed by atoms with Crippen molar-refractivity contribution in [2.45, 2.75) is 31.6 Å². The second-order valence-electron chi connectivity index (χ2n) is 6.84. The molecule has 1 amide bonds. The second kappa shape index (κ2) is 8.96. The SMILES string of the molecule is CNc1cc(N2CCC[C@H](C(F)(F)F)C2)c(C(=O)NCCC(F)(F)F)cc1[N+](=O)[O-]. The zero-order chi connectivity index (χ0) is 22.7. The van der Waals surface area contributed by atoms with Gasteiger partial charge in [-0.15, -0.1) is 0 Å². The van der Waals surface area contributed by atoms with Gasteiger partial charge in [-0.1, -0.05) is 0 Å². The van der Waals surface area contributed by atoms with Crippen molar-refractivity contribution < 1.29 is 36.1 Å². The van der Waals surface area contributed by atoms with Gasteiger partial charge in [0, 0.05) is 32.7 Å². The minimum absolute atomic E-state index is 0.0107. The average molecular weight is 442 g/mol. The molecule has 1 aromatic carbocycles. The third kappa shape index (κ3) is 5.89. The van der Waals surface area contributed by atoms with Crippen molar-refractivity contribution in [1.29, 1.82) is 0 Å². The number of hydrogen-bond acceptors (Lipinski definition) is 5. The molecule has 30 heavy (non-hydrogen) atoms. The highest BCUT2D eigenvalue weighted by atomic mass is 19.4. The number of amides is 1. The first-order chi connectivity index (χ1) is 13.8. The van der Waals surface area contributed by atoms with Crippen LogP contribution in [0.15, 0.2) is 12.1 Å². The van der Waals surface area contributed by atoms with Crippen molar-refractivity contribution in [1.82, 2.24) is 5.32 Å². The van der Waals surface area contributed by atoms with E-state index in [1.54, 1.807) is 0 Å². The lowest BCUT2D eigenvalue weighted by Gasteiger charge is -2.36. The van der Waals surface area contributed by atoms with Gasteiger partial charge in [0.2, 0.25) is 0 Å². The maximum absolute atomic E-state index is 13.2. The predicted octanol–water partition coefficient (Wildman–Crippen LogP) is 4.10. The Morgan fingerprint density at radius 3 is 2.47 bits per heavy atom. The Labute approximate surface area is 167 Å². The van der Waals surface area contributed by atoms with Gasteiger partial charge < -0.3 is 15.5 Å². The summed E-state index contributed by atoms with van der Waals surface area (Å²) in [5.41, 5.74) is -0.920. The molecule has 168 valence electrons. The highest BCUT2D eigenvalue weighted by molar-refractivity contribution is 6.02. The number of nitro groups is 1. The number of halogens is 6. The third-order valence-corrected chi connectivity index (χ3v) is 4.74. The van der Waals surface area contributed by atoms with Crippen LogP contribution in [-0.4, -0.2) is 49.9 Å². The van der Waals surface area contributed by atoms with Crippen LogP contribution in [0.25, 0.3) is 0 Å². The fraction of sp³-hybridized carbons (Fsp3) is 0.588. The first-order valence-corrected chi connectivity index (χ1v) is 9.00. The number of alkyl halides is 6. The number of hydrogen-bond donors (Lipinski definition) is 2. The highest BCUT2D eigenvalue weighted by Crippen LogP contribution is 2.38. The Kier molecular flexibility index (Phi) is 7.03. The fourth-order valence-electron chi connectivity index (χ4n) is 3.25. The molecule has 2 N–H and O–H groups in total. The van der Waals surface area contributed by atoms with E-state index in [4.69, 9.17) is 0 Å². The standard InChI is InChI=1S/C17H20F6N4O3/c1-24-12-8-13(26-6-2-3-10(9-26)17(21,22)23)11(7-14(12)27(29)30)15(28)25-5-4-16(18,19)20/h7-8,10,24H,2-6,9H2,1H3,(H,25,28)/t10-/m0/s1. The number of nitrogens with zero attached hydrogens (tertiary/aromatic N) is 2. The summed E-state index contributed by atoms with van der Waals surface area (Å²) >= 11 is 0. The minimum Gasteiger partial charge on any atom is -0.383 e. The van der Waals surface area contributed by atoms with Crippen LogP contribution >= 0.6 is 0 Å². The molecule has 1 heterocycles. The molecule has 0 aromatic heterocycles. The minimum atomic E-state index is -4.52. The summed E-state index contributed by atoms with van der Waals surface area (Å²) in [6, 6.07) is 2.04. The smallest absolute Gasteiger partial charge is 0.383 e. The summed E-state index contributed by atoms with van der Waals surface area (Å²) in [6.07, 6.45) is -10.2. The zero-order valence-corrected chi connectivity index (χ0v) is 15.9. The summed E-state index contributed by atoms with van der Waals surface area (Å²) in [6.45, 7) is -1.07. The molecule has 0 bridgehead atoms. The number of anilines is 2. The van der Waals surface area contributed by atoms with Crippen LogP contribution in [-0.2, 0) is 0 Å². The topological polar surface area (TPSA) is 87.5 Å². The van der Waals surface area contributed by atoms with Gasteiger partial charge in [-0.2, -0.15) is 26.3 Å².